The summed E-state index contributed by atoms with van der Waals surface area (Å²) in [6.45, 7) is 0.560. The van der Waals surface area contributed by atoms with E-state index in [9.17, 15) is 4.79 Å². The second-order valence-electron chi connectivity index (χ2n) is 11.1. The van der Waals surface area contributed by atoms with Gasteiger partial charge in [-0.25, -0.2) is 4.79 Å². The number of carboxylic acids is 1. The summed E-state index contributed by atoms with van der Waals surface area (Å²) < 4.78 is 6.51. The van der Waals surface area contributed by atoms with E-state index in [0.29, 0.717) is 17.2 Å². The first kappa shape index (κ1) is 23.4. The number of carboxylic acid groups (broad SMARTS) is 1. The summed E-state index contributed by atoms with van der Waals surface area (Å²) in [4.78, 5) is 11.0. The first-order valence-corrected chi connectivity index (χ1v) is 13.4. The molecule has 3 aromatic rings. The van der Waals surface area contributed by atoms with Crippen LogP contribution in [-0.2, 0) is 16.8 Å². The molecule has 0 aliphatic heterocycles. The minimum absolute atomic E-state index is 0.190. The van der Waals surface area contributed by atoms with Gasteiger partial charge in [0.15, 0.2) is 0 Å². The molecular weight excluding hydrogens is 468 g/mol. The maximum atomic E-state index is 11.0. The number of ether oxygens (including phenoxy) is 1. The number of halogens is 1. The quantitative estimate of drug-likeness (QED) is 0.334. The Bertz CT molecular complexity index is 1270. The van der Waals surface area contributed by atoms with Crippen LogP contribution in [0.15, 0.2) is 72.8 Å². The van der Waals surface area contributed by atoms with Gasteiger partial charge in [-0.15, -0.1) is 0 Å². The van der Waals surface area contributed by atoms with Crippen LogP contribution in [0, 0.1) is 17.8 Å². The average Bonchev–Trinajstić information content (AvgIpc) is 2.87. The summed E-state index contributed by atoms with van der Waals surface area (Å²) in [6, 6.07) is 22.8. The van der Waals surface area contributed by atoms with Crippen molar-refractivity contribution in [3.05, 3.63) is 94.5 Å². The van der Waals surface area contributed by atoms with Crippen LogP contribution in [0.1, 0.15) is 55.2 Å². The Labute approximate surface area is 217 Å². The standard InChI is InChI=1S/C32H31ClO3/c33-29-9-6-25(15-27(29)8-11-31(34)35)26-7-10-30(36-20-21-4-2-1-3-5-21)28(16-26)32-17-22-12-23(18-32)14-24(13-22)19-32/h1-11,15-16,22-24H,12-14,17-20H2,(H,34,35). The molecule has 184 valence electrons. The van der Waals surface area contributed by atoms with Gasteiger partial charge in [0, 0.05) is 16.7 Å². The third-order valence-corrected chi connectivity index (χ3v) is 8.91. The number of hydrogen-bond donors (Lipinski definition) is 1. The fraction of sp³-hybridized carbons (Fsp3) is 0.344. The highest BCUT2D eigenvalue weighted by molar-refractivity contribution is 6.32. The van der Waals surface area contributed by atoms with E-state index < -0.39 is 5.97 Å². The molecule has 0 unspecified atom stereocenters. The lowest BCUT2D eigenvalue weighted by atomic mass is 9.48. The van der Waals surface area contributed by atoms with Gasteiger partial charge < -0.3 is 9.84 Å². The largest absolute Gasteiger partial charge is 0.489 e. The Morgan fingerprint density at radius 2 is 1.56 bits per heavy atom. The summed E-state index contributed by atoms with van der Waals surface area (Å²) in [6.07, 6.45) is 10.7. The van der Waals surface area contributed by atoms with E-state index in [1.165, 1.54) is 49.7 Å². The molecule has 4 heteroatoms. The van der Waals surface area contributed by atoms with Crippen molar-refractivity contribution < 1.29 is 14.6 Å². The van der Waals surface area contributed by atoms with E-state index >= 15 is 0 Å². The Balaban J connectivity index is 1.40. The van der Waals surface area contributed by atoms with E-state index in [-0.39, 0.29) is 5.41 Å². The van der Waals surface area contributed by atoms with Gasteiger partial charge in [-0.2, -0.15) is 0 Å². The van der Waals surface area contributed by atoms with Crippen LogP contribution < -0.4 is 4.74 Å². The highest BCUT2D eigenvalue weighted by Gasteiger charge is 2.52. The number of aliphatic carboxylic acids is 1. The van der Waals surface area contributed by atoms with Crippen molar-refractivity contribution >= 4 is 23.6 Å². The lowest BCUT2D eigenvalue weighted by Gasteiger charge is -2.57. The predicted octanol–water partition coefficient (Wildman–Crippen LogP) is 8.15. The molecule has 7 rings (SSSR count). The van der Waals surface area contributed by atoms with Crippen LogP contribution in [0.4, 0.5) is 0 Å². The van der Waals surface area contributed by atoms with Crippen LogP contribution in [-0.4, -0.2) is 11.1 Å². The van der Waals surface area contributed by atoms with Gasteiger partial charge in [0.1, 0.15) is 12.4 Å². The molecule has 3 aromatic carbocycles. The Kier molecular flexibility index (Phi) is 6.13. The third kappa shape index (κ3) is 4.57. The molecule has 0 aromatic heterocycles. The molecule has 4 saturated carbocycles. The Morgan fingerprint density at radius 1 is 0.917 bits per heavy atom. The van der Waals surface area contributed by atoms with Gasteiger partial charge in [0.05, 0.1) is 0 Å². The van der Waals surface area contributed by atoms with Crippen molar-refractivity contribution in [3.63, 3.8) is 0 Å². The van der Waals surface area contributed by atoms with Crippen LogP contribution >= 0.6 is 11.6 Å². The van der Waals surface area contributed by atoms with Crippen molar-refractivity contribution in [1.29, 1.82) is 0 Å². The molecule has 4 fully saturated rings. The van der Waals surface area contributed by atoms with Crippen molar-refractivity contribution in [2.24, 2.45) is 17.8 Å². The van der Waals surface area contributed by atoms with Crippen molar-refractivity contribution in [3.8, 4) is 16.9 Å². The number of rotatable bonds is 7. The number of benzene rings is 3. The van der Waals surface area contributed by atoms with Gasteiger partial charge in [-0.05, 0) is 114 Å². The molecule has 36 heavy (non-hydrogen) atoms. The SMILES string of the molecule is O=C(O)C=Cc1cc(-c2ccc(OCc3ccccc3)c(C34CC5CC(CC(C5)C3)C4)c2)ccc1Cl. The molecule has 0 amide bonds. The fourth-order valence-electron chi connectivity index (χ4n) is 7.44. The zero-order valence-corrected chi connectivity index (χ0v) is 21.1. The van der Waals surface area contributed by atoms with Gasteiger partial charge >= 0.3 is 5.97 Å². The highest BCUT2D eigenvalue weighted by atomic mass is 35.5. The van der Waals surface area contributed by atoms with Gasteiger partial charge in [-0.3, -0.25) is 0 Å². The second kappa shape index (κ2) is 9.44. The van der Waals surface area contributed by atoms with Crippen LogP contribution in [0.3, 0.4) is 0 Å². The molecule has 4 aliphatic carbocycles. The van der Waals surface area contributed by atoms with E-state index in [2.05, 4.69) is 42.5 Å². The summed E-state index contributed by atoms with van der Waals surface area (Å²) in [7, 11) is 0. The van der Waals surface area contributed by atoms with Crippen molar-refractivity contribution in [1.82, 2.24) is 0 Å². The van der Waals surface area contributed by atoms with Crippen LogP contribution in [0.25, 0.3) is 17.2 Å². The zero-order chi connectivity index (χ0) is 24.7. The second-order valence-corrected chi connectivity index (χ2v) is 11.5. The molecule has 1 N–H and O–H groups in total. The van der Waals surface area contributed by atoms with E-state index in [1.54, 1.807) is 6.08 Å². The third-order valence-electron chi connectivity index (χ3n) is 8.56. The highest BCUT2D eigenvalue weighted by Crippen LogP contribution is 2.62. The van der Waals surface area contributed by atoms with Crippen molar-refractivity contribution in [2.75, 3.05) is 0 Å². The molecule has 0 atom stereocenters. The molecule has 4 aliphatic rings. The monoisotopic (exact) mass is 498 g/mol. The maximum Gasteiger partial charge on any atom is 0.328 e. The summed E-state index contributed by atoms with van der Waals surface area (Å²) in [5, 5.41) is 9.60. The molecule has 0 saturated heterocycles. The first-order valence-electron chi connectivity index (χ1n) is 13.0. The normalized spacial score (nSPS) is 26.4. The topological polar surface area (TPSA) is 46.5 Å². The fourth-order valence-corrected chi connectivity index (χ4v) is 7.62. The molecule has 4 bridgehead atoms. The molecule has 0 heterocycles. The molecule has 3 nitrogen and oxygen atoms in total. The average molecular weight is 499 g/mol. The van der Waals surface area contributed by atoms with Gasteiger partial charge in [-0.1, -0.05) is 54.1 Å². The summed E-state index contributed by atoms with van der Waals surface area (Å²) in [5.41, 5.74) is 5.57. The smallest absolute Gasteiger partial charge is 0.328 e. The zero-order valence-electron chi connectivity index (χ0n) is 20.3. The lowest BCUT2D eigenvalue weighted by Crippen LogP contribution is -2.48. The number of carbonyl (C=O) groups is 1. The molecule has 0 spiro atoms. The van der Waals surface area contributed by atoms with Gasteiger partial charge in [0.25, 0.3) is 0 Å². The van der Waals surface area contributed by atoms with Gasteiger partial charge in [0.2, 0.25) is 0 Å². The maximum absolute atomic E-state index is 11.0. The Morgan fingerprint density at radius 3 is 2.22 bits per heavy atom. The van der Waals surface area contributed by atoms with Crippen molar-refractivity contribution in [2.45, 2.75) is 50.5 Å². The lowest BCUT2D eigenvalue weighted by molar-refractivity contribution is -0.131. The Hall–Kier alpha value is -3.04. The van der Waals surface area contributed by atoms with Crippen LogP contribution in [0.2, 0.25) is 5.02 Å². The predicted molar refractivity (Wildman–Crippen MR) is 144 cm³/mol. The minimum Gasteiger partial charge on any atom is -0.489 e. The van der Waals surface area contributed by atoms with Crippen LogP contribution in [0.5, 0.6) is 5.75 Å². The molecule has 0 radical (unpaired) electrons. The van der Waals surface area contributed by atoms with E-state index in [0.717, 1.165) is 40.7 Å². The minimum atomic E-state index is -0.986. The summed E-state index contributed by atoms with van der Waals surface area (Å²) >= 11 is 6.37. The number of hydrogen-bond acceptors (Lipinski definition) is 2. The molecular formula is C32H31ClO3. The van der Waals surface area contributed by atoms with E-state index in [1.807, 2.05) is 24.3 Å². The van der Waals surface area contributed by atoms with E-state index in [4.69, 9.17) is 21.4 Å². The summed E-state index contributed by atoms with van der Waals surface area (Å²) in [5.74, 6) is 2.53. The first-order chi connectivity index (χ1) is 17.5.